The number of amides is 1. The van der Waals surface area contributed by atoms with Crippen LogP contribution in [0, 0.1) is 5.82 Å². The van der Waals surface area contributed by atoms with Crippen LogP contribution in [-0.2, 0) is 22.5 Å². The zero-order valence-electron chi connectivity index (χ0n) is 15.8. The molecule has 5 nitrogen and oxygen atoms in total. The molecule has 0 atom stereocenters. The van der Waals surface area contributed by atoms with Crippen LogP contribution >= 0.6 is 0 Å². The van der Waals surface area contributed by atoms with Gasteiger partial charge in [-0.2, -0.15) is 0 Å². The van der Waals surface area contributed by atoms with Gasteiger partial charge in [0.05, 0.1) is 12.8 Å². The number of carbonyl (C=O) groups excluding carboxylic acids is 1. The van der Waals surface area contributed by atoms with E-state index in [4.69, 9.17) is 9.15 Å². The number of hydrogen-bond acceptors (Lipinski definition) is 4. The SMILES string of the molecule is COCCN(Cc1ccccc1)C(=O)CCc1ncc(-c2ccc(F)cc2)o1. The summed E-state index contributed by atoms with van der Waals surface area (Å²) in [5.41, 5.74) is 1.82. The summed E-state index contributed by atoms with van der Waals surface area (Å²) in [6, 6.07) is 15.9. The second kappa shape index (κ2) is 9.80. The molecule has 0 fully saturated rings. The van der Waals surface area contributed by atoms with Gasteiger partial charge in [0, 0.05) is 38.6 Å². The van der Waals surface area contributed by atoms with E-state index in [1.54, 1.807) is 30.3 Å². The lowest BCUT2D eigenvalue weighted by atomic mass is 10.2. The molecule has 0 bridgehead atoms. The van der Waals surface area contributed by atoms with Crippen molar-refractivity contribution in [1.82, 2.24) is 9.88 Å². The van der Waals surface area contributed by atoms with Crippen molar-refractivity contribution >= 4 is 5.91 Å². The van der Waals surface area contributed by atoms with E-state index in [1.807, 2.05) is 30.3 Å². The van der Waals surface area contributed by atoms with Gasteiger partial charge in [-0.05, 0) is 29.8 Å². The molecule has 0 saturated heterocycles. The Bertz CT molecular complexity index is 878. The first-order valence-electron chi connectivity index (χ1n) is 9.17. The van der Waals surface area contributed by atoms with Crippen molar-refractivity contribution < 1.29 is 18.3 Å². The molecule has 1 amide bonds. The topological polar surface area (TPSA) is 55.6 Å². The normalized spacial score (nSPS) is 10.8. The van der Waals surface area contributed by atoms with Crippen LogP contribution in [0.15, 0.2) is 65.2 Å². The van der Waals surface area contributed by atoms with E-state index in [-0.39, 0.29) is 11.7 Å². The molecule has 0 aliphatic carbocycles. The van der Waals surface area contributed by atoms with Crippen LogP contribution in [0.1, 0.15) is 17.9 Å². The van der Waals surface area contributed by atoms with Gasteiger partial charge in [0.15, 0.2) is 11.7 Å². The lowest BCUT2D eigenvalue weighted by Crippen LogP contribution is -2.33. The van der Waals surface area contributed by atoms with Crippen LogP contribution in [-0.4, -0.2) is 36.1 Å². The highest BCUT2D eigenvalue weighted by molar-refractivity contribution is 5.76. The highest BCUT2D eigenvalue weighted by Gasteiger charge is 2.16. The monoisotopic (exact) mass is 382 g/mol. The molecule has 0 saturated carbocycles. The number of carbonyl (C=O) groups is 1. The minimum Gasteiger partial charge on any atom is -0.441 e. The Morgan fingerprint density at radius 2 is 1.89 bits per heavy atom. The number of benzene rings is 2. The van der Waals surface area contributed by atoms with Crippen molar-refractivity contribution in [3.8, 4) is 11.3 Å². The molecule has 0 radical (unpaired) electrons. The van der Waals surface area contributed by atoms with Gasteiger partial charge >= 0.3 is 0 Å². The van der Waals surface area contributed by atoms with E-state index in [2.05, 4.69) is 4.98 Å². The fraction of sp³-hybridized carbons (Fsp3) is 0.273. The minimum absolute atomic E-state index is 0.0161. The number of methoxy groups -OCH3 is 1. The molecule has 0 N–H and O–H groups in total. The first-order chi connectivity index (χ1) is 13.7. The lowest BCUT2D eigenvalue weighted by molar-refractivity contribution is -0.132. The van der Waals surface area contributed by atoms with Gasteiger partial charge in [-0.15, -0.1) is 0 Å². The maximum Gasteiger partial charge on any atom is 0.223 e. The summed E-state index contributed by atoms with van der Waals surface area (Å²) >= 11 is 0. The highest BCUT2D eigenvalue weighted by Crippen LogP contribution is 2.21. The van der Waals surface area contributed by atoms with Gasteiger partial charge in [0.25, 0.3) is 0 Å². The van der Waals surface area contributed by atoms with Gasteiger partial charge < -0.3 is 14.1 Å². The van der Waals surface area contributed by atoms with E-state index in [9.17, 15) is 9.18 Å². The molecule has 1 aromatic heterocycles. The fourth-order valence-corrected chi connectivity index (χ4v) is 2.84. The van der Waals surface area contributed by atoms with Gasteiger partial charge in [0.1, 0.15) is 5.82 Å². The molecule has 1 heterocycles. The molecule has 0 aliphatic heterocycles. The smallest absolute Gasteiger partial charge is 0.223 e. The molecule has 2 aromatic carbocycles. The first kappa shape index (κ1) is 19.8. The Morgan fingerprint density at radius 1 is 1.14 bits per heavy atom. The summed E-state index contributed by atoms with van der Waals surface area (Å²) in [7, 11) is 1.62. The zero-order valence-corrected chi connectivity index (χ0v) is 15.8. The number of hydrogen-bond donors (Lipinski definition) is 0. The quantitative estimate of drug-likeness (QED) is 0.559. The van der Waals surface area contributed by atoms with Crippen LogP contribution in [0.4, 0.5) is 4.39 Å². The third-order valence-corrected chi connectivity index (χ3v) is 4.37. The Labute approximate surface area is 163 Å². The van der Waals surface area contributed by atoms with Crippen LogP contribution in [0.5, 0.6) is 0 Å². The van der Waals surface area contributed by atoms with E-state index in [0.717, 1.165) is 11.1 Å². The molecule has 28 heavy (non-hydrogen) atoms. The average molecular weight is 382 g/mol. The molecule has 0 unspecified atom stereocenters. The second-order valence-electron chi connectivity index (χ2n) is 6.42. The minimum atomic E-state index is -0.302. The van der Waals surface area contributed by atoms with Crippen molar-refractivity contribution in [3.63, 3.8) is 0 Å². The van der Waals surface area contributed by atoms with Gasteiger partial charge in [-0.1, -0.05) is 30.3 Å². The number of oxazole rings is 1. The van der Waals surface area contributed by atoms with E-state index >= 15 is 0 Å². The Balaban J connectivity index is 1.60. The lowest BCUT2D eigenvalue weighted by Gasteiger charge is -2.22. The molecule has 3 aromatic rings. The Morgan fingerprint density at radius 3 is 2.61 bits per heavy atom. The predicted octanol–water partition coefficient (Wildman–Crippen LogP) is 4.09. The number of halogens is 1. The molecule has 0 spiro atoms. The number of ether oxygens (including phenoxy) is 1. The maximum atomic E-state index is 13.0. The van der Waals surface area contributed by atoms with Crippen molar-refractivity contribution in [1.29, 1.82) is 0 Å². The molecule has 0 aliphatic rings. The summed E-state index contributed by atoms with van der Waals surface area (Å²) in [5, 5.41) is 0. The van der Waals surface area contributed by atoms with E-state index in [1.165, 1.54) is 12.1 Å². The fourth-order valence-electron chi connectivity index (χ4n) is 2.84. The number of aryl methyl sites for hydroxylation is 1. The molecule has 146 valence electrons. The van der Waals surface area contributed by atoms with Crippen LogP contribution in [0.2, 0.25) is 0 Å². The van der Waals surface area contributed by atoms with Crippen molar-refractivity contribution in [2.24, 2.45) is 0 Å². The van der Waals surface area contributed by atoms with Crippen molar-refractivity contribution in [2.45, 2.75) is 19.4 Å². The van der Waals surface area contributed by atoms with E-state index in [0.29, 0.717) is 44.2 Å². The van der Waals surface area contributed by atoms with Crippen molar-refractivity contribution in [2.75, 3.05) is 20.3 Å². The van der Waals surface area contributed by atoms with Crippen LogP contribution in [0.25, 0.3) is 11.3 Å². The molecular weight excluding hydrogens is 359 g/mol. The first-order valence-corrected chi connectivity index (χ1v) is 9.17. The average Bonchev–Trinajstić information content (AvgIpc) is 3.19. The summed E-state index contributed by atoms with van der Waals surface area (Å²) in [6.07, 6.45) is 2.29. The molecular formula is C22H23FN2O3. The largest absolute Gasteiger partial charge is 0.441 e. The molecule has 6 heteroatoms. The Kier molecular flexibility index (Phi) is 6.92. The summed E-state index contributed by atoms with van der Waals surface area (Å²) in [5.74, 6) is 0.758. The maximum absolute atomic E-state index is 13.0. The number of aromatic nitrogens is 1. The second-order valence-corrected chi connectivity index (χ2v) is 6.42. The van der Waals surface area contributed by atoms with Crippen LogP contribution < -0.4 is 0 Å². The van der Waals surface area contributed by atoms with E-state index < -0.39 is 0 Å². The highest BCUT2D eigenvalue weighted by atomic mass is 19.1. The summed E-state index contributed by atoms with van der Waals surface area (Å²) in [4.78, 5) is 18.7. The molecule has 3 rings (SSSR count). The van der Waals surface area contributed by atoms with Crippen molar-refractivity contribution in [3.05, 3.63) is 78.1 Å². The predicted molar refractivity (Wildman–Crippen MR) is 104 cm³/mol. The third-order valence-electron chi connectivity index (χ3n) is 4.37. The summed E-state index contributed by atoms with van der Waals surface area (Å²) < 4.78 is 23.9. The standard InChI is InChI=1S/C22H23FN2O3/c1-27-14-13-25(16-17-5-3-2-4-6-17)22(26)12-11-21-24-15-20(28-21)18-7-9-19(23)10-8-18/h2-10,15H,11-14,16H2,1H3. The number of rotatable bonds is 9. The van der Waals surface area contributed by atoms with Gasteiger partial charge in [-0.3, -0.25) is 4.79 Å². The zero-order chi connectivity index (χ0) is 19.8. The van der Waals surface area contributed by atoms with Gasteiger partial charge in [-0.25, -0.2) is 9.37 Å². The summed E-state index contributed by atoms with van der Waals surface area (Å²) in [6.45, 7) is 1.54. The van der Waals surface area contributed by atoms with Crippen LogP contribution in [0.3, 0.4) is 0 Å². The van der Waals surface area contributed by atoms with Gasteiger partial charge in [0.2, 0.25) is 5.91 Å². The third kappa shape index (κ3) is 5.50. The Hall–Kier alpha value is -2.99. The number of nitrogens with zero attached hydrogens (tertiary/aromatic N) is 2.